The number of hydrogen-bond donors (Lipinski definition) is 0. The van der Waals surface area contributed by atoms with Crippen molar-refractivity contribution in [3.05, 3.63) is 51.2 Å². The Bertz CT molecular complexity index is 624. The molecule has 1 aromatic heterocycles. The first-order valence-electron chi connectivity index (χ1n) is 5.22. The van der Waals surface area contributed by atoms with E-state index in [-0.39, 0.29) is 10.8 Å². The van der Waals surface area contributed by atoms with Gasteiger partial charge in [-0.1, -0.05) is 34.8 Å². The van der Waals surface area contributed by atoms with Crippen molar-refractivity contribution in [1.82, 2.24) is 4.98 Å². The molecule has 0 amide bonds. The summed E-state index contributed by atoms with van der Waals surface area (Å²) in [6.45, 7) is 0. The lowest BCUT2D eigenvalue weighted by Crippen LogP contribution is -2.06. The van der Waals surface area contributed by atoms with Gasteiger partial charge in [0.25, 0.3) is 0 Å². The Morgan fingerprint density at radius 1 is 1.11 bits per heavy atom. The molecule has 98 valence electrons. The number of methoxy groups -OCH3 is 1. The smallest absolute Gasteiger partial charge is 0.357 e. The van der Waals surface area contributed by atoms with E-state index in [4.69, 9.17) is 34.8 Å². The molecule has 0 atom stereocenters. The fourth-order valence-electron chi connectivity index (χ4n) is 1.63. The molecule has 0 aliphatic rings. The Labute approximate surface area is 125 Å². The highest BCUT2D eigenvalue weighted by Gasteiger charge is 2.16. The molecule has 1 heterocycles. The molecule has 2 rings (SSSR count). The minimum atomic E-state index is -0.575. The van der Waals surface area contributed by atoms with E-state index in [1.165, 1.54) is 7.11 Å². The Morgan fingerprint density at radius 3 is 2.32 bits per heavy atom. The predicted octanol–water partition coefficient (Wildman–Crippen LogP) is 4.50. The summed E-state index contributed by atoms with van der Waals surface area (Å²) in [6, 6.07) is 8.23. The highest BCUT2D eigenvalue weighted by molar-refractivity contribution is 6.35. The predicted molar refractivity (Wildman–Crippen MR) is 76.0 cm³/mol. The minimum Gasteiger partial charge on any atom is -0.464 e. The van der Waals surface area contributed by atoms with E-state index in [0.29, 0.717) is 21.2 Å². The Kier molecular flexibility index (Phi) is 4.30. The number of esters is 1. The molecule has 3 nitrogen and oxygen atoms in total. The number of benzene rings is 1. The quantitative estimate of drug-likeness (QED) is 0.605. The fourth-order valence-corrected chi connectivity index (χ4v) is 2.30. The molecule has 19 heavy (non-hydrogen) atoms. The van der Waals surface area contributed by atoms with Crippen molar-refractivity contribution in [3.63, 3.8) is 0 Å². The molecule has 0 saturated heterocycles. The lowest BCUT2D eigenvalue weighted by molar-refractivity contribution is 0.0595. The second-order valence-corrected chi connectivity index (χ2v) is 4.94. The van der Waals surface area contributed by atoms with Gasteiger partial charge in [-0.05, 0) is 35.9 Å². The second kappa shape index (κ2) is 5.78. The topological polar surface area (TPSA) is 39.2 Å². The molecule has 0 bridgehead atoms. The van der Waals surface area contributed by atoms with Crippen LogP contribution in [0.5, 0.6) is 0 Å². The van der Waals surface area contributed by atoms with Crippen LogP contribution in [0.2, 0.25) is 15.2 Å². The van der Waals surface area contributed by atoms with E-state index in [2.05, 4.69) is 9.72 Å². The summed E-state index contributed by atoms with van der Waals surface area (Å²) in [5.41, 5.74) is 1.34. The van der Waals surface area contributed by atoms with Crippen LogP contribution >= 0.6 is 34.8 Å². The Morgan fingerprint density at radius 2 is 1.74 bits per heavy atom. The standard InChI is InChI=1S/C13H8Cl3NO2/c1-19-13(18)12-10(2-3-11(16)17-12)7-4-8(14)6-9(15)5-7/h2-6H,1H3. The Balaban J connectivity index is 2.64. The van der Waals surface area contributed by atoms with Gasteiger partial charge in [0.05, 0.1) is 7.11 Å². The molecule has 0 aliphatic heterocycles. The van der Waals surface area contributed by atoms with Gasteiger partial charge < -0.3 is 4.74 Å². The molecule has 6 heteroatoms. The SMILES string of the molecule is COC(=O)c1nc(Cl)ccc1-c1cc(Cl)cc(Cl)c1. The van der Waals surface area contributed by atoms with Crippen LogP contribution in [0.4, 0.5) is 0 Å². The molecule has 0 aliphatic carbocycles. The number of ether oxygens (including phenoxy) is 1. The fraction of sp³-hybridized carbons (Fsp3) is 0.0769. The van der Waals surface area contributed by atoms with Gasteiger partial charge in [-0.25, -0.2) is 9.78 Å². The highest BCUT2D eigenvalue weighted by Crippen LogP contribution is 2.30. The van der Waals surface area contributed by atoms with E-state index in [0.717, 1.165) is 0 Å². The monoisotopic (exact) mass is 315 g/mol. The number of aromatic nitrogens is 1. The van der Waals surface area contributed by atoms with Crippen molar-refractivity contribution in [2.24, 2.45) is 0 Å². The van der Waals surface area contributed by atoms with Crippen LogP contribution < -0.4 is 0 Å². The van der Waals surface area contributed by atoms with Gasteiger partial charge in [0.1, 0.15) is 5.15 Å². The summed E-state index contributed by atoms with van der Waals surface area (Å²) >= 11 is 17.7. The van der Waals surface area contributed by atoms with E-state index in [1.807, 2.05) is 0 Å². The molecule has 0 radical (unpaired) electrons. The summed E-state index contributed by atoms with van der Waals surface area (Å²) in [5.74, 6) is -0.575. The van der Waals surface area contributed by atoms with Crippen LogP contribution in [0.1, 0.15) is 10.5 Å². The van der Waals surface area contributed by atoms with Crippen LogP contribution in [-0.2, 0) is 4.74 Å². The van der Waals surface area contributed by atoms with Gasteiger partial charge in [-0.15, -0.1) is 0 Å². The number of halogens is 3. The molecule has 0 N–H and O–H groups in total. The number of pyridine rings is 1. The first-order valence-corrected chi connectivity index (χ1v) is 6.36. The van der Waals surface area contributed by atoms with Crippen molar-refractivity contribution in [1.29, 1.82) is 0 Å². The number of carbonyl (C=O) groups excluding carboxylic acids is 1. The van der Waals surface area contributed by atoms with Crippen molar-refractivity contribution in [2.45, 2.75) is 0 Å². The van der Waals surface area contributed by atoms with Crippen molar-refractivity contribution in [3.8, 4) is 11.1 Å². The molecule has 1 aromatic carbocycles. The third-order valence-electron chi connectivity index (χ3n) is 2.41. The minimum absolute atomic E-state index is 0.119. The van der Waals surface area contributed by atoms with E-state index >= 15 is 0 Å². The maximum Gasteiger partial charge on any atom is 0.357 e. The number of carbonyl (C=O) groups is 1. The van der Waals surface area contributed by atoms with Crippen LogP contribution in [0.15, 0.2) is 30.3 Å². The second-order valence-electron chi connectivity index (χ2n) is 3.68. The zero-order chi connectivity index (χ0) is 14.0. The normalized spacial score (nSPS) is 10.3. The van der Waals surface area contributed by atoms with Crippen molar-refractivity contribution in [2.75, 3.05) is 7.11 Å². The molecular formula is C13H8Cl3NO2. The highest BCUT2D eigenvalue weighted by atomic mass is 35.5. The largest absolute Gasteiger partial charge is 0.464 e. The molecular weight excluding hydrogens is 309 g/mol. The zero-order valence-corrected chi connectivity index (χ0v) is 12.1. The average Bonchev–Trinajstić information content (AvgIpc) is 2.36. The van der Waals surface area contributed by atoms with E-state index in [1.54, 1.807) is 30.3 Å². The molecule has 0 fully saturated rings. The first-order chi connectivity index (χ1) is 9.01. The number of nitrogens with zero attached hydrogens (tertiary/aromatic N) is 1. The maximum absolute atomic E-state index is 11.7. The van der Waals surface area contributed by atoms with Gasteiger partial charge >= 0.3 is 5.97 Å². The molecule has 0 unspecified atom stereocenters. The maximum atomic E-state index is 11.7. The molecule has 2 aromatic rings. The molecule has 0 saturated carbocycles. The number of rotatable bonds is 2. The lowest BCUT2D eigenvalue weighted by Gasteiger charge is -2.08. The van der Waals surface area contributed by atoms with Crippen LogP contribution in [0, 0.1) is 0 Å². The van der Waals surface area contributed by atoms with Gasteiger partial charge in [0, 0.05) is 15.6 Å². The van der Waals surface area contributed by atoms with Gasteiger partial charge in [-0.3, -0.25) is 0 Å². The van der Waals surface area contributed by atoms with Crippen LogP contribution in [0.25, 0.3) is 11.1 Å². The van der Waals surface area contributed by atoms with Crippen LogP contribution in [0.3, 0.4) is 0 Å². The third kappa shape index (κ3) is 3.18. The van der Waals surface area contributed by atoms with E-state index < -0.39 is 5.97 Å². The van der Waals surface area contributed by atoms with Crippen molar-refractivity contribution < 1.29 is 9.53 Å². The van der Waals surface area contributed by atoms with Crippen LogP contribution in [-0.4, -0.2) is 18.1 Å². The summed E-state index contributed by atoms with van der Waals surface area (Å²) in [4.78, 5) is 15.7. The first kappa shape index (κ1) is 14.1. The van der Waals surface area contributed by atoms with Gasteiger partial charge in [-0.2, -0.15) is 0 Å². The molecule has 0 spiro atoms. The summed E-state index contributed by atoms with van der Waals surface area (Å²) in [6.07, 6.45) is 0. The van der Waals surface area contributed by atoms with Crippen molar-refractivity contribution >= 4 is 40.8 Å². The van der Waals surface area contributed by atoms with E-state index in [9.17, 15) is 4.79 Å². The zero-order valence-electron chi connectivity index (χ0n) is 9.78. The lowest BCUT2D eigenvalue weighted by atomic mass is 10.0. The summed E-state index contributed by atoms with van der Waals surface area (Å²) in [7, 11) is 1.28. The van der Waals surface area contributed by atoms with Gasteiger partial charge in [0.2, 0.25) is 0 Å². The summed E-state index contributed by atoms with van der Waals surface area (Å²) < 4.78 is 4.69. The average molecular weight is 317 g/mol. The number of hydrogen-bond acceptors (Lipinski definition) is 3. The third-order valence-corrected chi connectivity index (χ3v) is 3.06. The summed E-state index contributed by atoms with van der Waals surface area (Å²) in [5, 5.41) is 1.14. The Hall–Kier alpha value is -1.29. The van der Waals surface area contributed by atoms with Gasteiger partial charge in [0.15, 0.2) is 5.69 Å².